The Labute approximate surface area is 181 Å². The van der Waals surface area contributed by atoms with E-state index in [0.29, 0.717) is 50.0 Å². The van der Waals surface area contributed by atoms with Gasteiger partial charge in [0.25, 0.3) is 0 Å². The van der Waals surface area contributed by atoms with Gasteiger partial charge < -0.3 is 14.4 Å². The maximum atomic E-state index is 13.0. The average molecular weight is 422 g/mol. The molecule has 2 aromatic heterocycles. The van der Waals surface area contributed by atoms with Crippen LogP contribution < -0.4 is 9.47 Å². The lowest BCUT2D eigenvalue weighted by Gasteiger charge is -2.23. The van der Waals surface area contributed by atoms with E-state index >= 15 is 0 Å². The summed E-state index contributed by atoms with van der Waals surface area (Å²) in [5.41, 5.74) is 0.876. The first-order valence-electron chi connectivity index (χ1n) is 10.7. The summed E-state index contributed by atoms with van der Waals surface area (Å²) in [5, 5.41) is 4.10. The van der Waals surface area contributed by atoms with Crippen molar-refractivity contribution in [2.45, 2.75) is 45.2 Å². The van der Waals surface area contributed by atoms with Gasteiger partial charge in [0.2, 0.25) is 11.8 Å². The second-order valence-corrected chi connectivity index (χ2v) is 7.50. The fraction of sp³-hybridized carbons (Fsp3) is 0.391. The van der Waals surface area contributed by atoms with Crippen LogP contribution in [0.5, 0.6) is 17.4 Å². The van der Waals surface area contributed by atoms with Crippen molar-refractivity contribution in [2.24, 2.45) is 0 Å². The van der Waals surface area contributed by atoms with E-state index in [9.17, 15) is 4.79 Å². The lowest BCUT2D eigenvalue weighted by atomic mass is 10.2. The highest BCUT2D eigenvalue weighted by Crippen LogP contribution is 2.32. The molecule has 1 amide bonds. The predicted octanol–water partition coefficient (Wildman–Crippen LogP) is 3.84. The molecule has 0 atom stereocenters. The Kier molecular flexibility index (Phi) is 7.10. The number of aryl methyl sites for hydroxylation is 1. The maximum Gasteiger partial charge on any atom is 0.224 e. The van der Waals surface area contributed by atoms with Crippen molar-refractivity contribution in [2.75, 3.05) is 13.2 Å². The highest BCUT2D eigenvalue weighted by Gasteiger charge is 2.18. The van der Waals surface area contributed by atoms with Gasteiger partial charge >= 0.3 is 0 Å². The Morgan fingerprint density at radius 2 is 1.97 bits per heavy atom. The molecule has 8 nitrogen and oxygen atoms in total. The number of hydrogen-bond donors (Lipinski definition) is 0. The number of nitrogens with zero attached hydrogens (tertiary/aromatic N) is 5. The van der Waals surface area contributed by atoms with Crippen molar-refractivity contribution in [1.29, 1.82) is 0 Å². The summed E-state index contributed by atoms with van der Waals surface area (Å²) in [5.74, 6) is 1.96. The lowest BCUT2D eigenvalue weighted by molar-refractivity contribution is -0.132. The van der Waals surface area contributed by atoms with Gasteiger partial charge in [0.15, 0.2) is 11.5 Å². The molecule has 0 aliphatic carbocycles. The van der Waals surface area contributed by atoms with Crippen LogP contribution in [0.3, 0.4) is 0 Å². The number of rotatable bonds is 4. The van der Waals surface area contributed by atoms with Gasteiger partial charge in [0.1, 0.15) is 12.7 Å². The number of hydrogen-bond acceptors (Lipinski definition) is 6. The first kappa shape index (κ1) is 20.8. The van der Waals surface area contributed by atoms with E-state index in [2.05, 4.69) is 15.1 Å². The predicted molar refractivity (Wildman–Crippen MR) is 115 cm³/mol. The van der Waals surface area contributed by atoms with E-state index in [1.165, 1.54) is 6.33 Å². The smallest absolute Gasteiger partial charge is 0.224 e. The largest absolute Gasteiger partial charge is 0.490 e. The standard InChI is InChI=1S/C23H27N5O3/c29-22(11-7-14-28-18-24-17-26-28)27-13-4-1-5-15-30-20-9-2-3-10-21(20)31-23-19(16-27)8-6-12-25-23/h2-3,6,8-10,12,17-18H,1,4-5,7,11,13-16H2. The topological polar surface area (TPSA) is 82.4 Å². The van der Waals surface area contributed by atoms with Gasteiger partial charge in [0, 0.05) is 31.3 Å². The minimum absolute atomic E-state index is 0.126. The number of carbonyl (C=O) groups excluding carboxylic acids is 1. The fourth-order valence-corrected chi connectivity index (χ4v) is 3.55. The number of pyridine rings is 1. The third-order valence-electron chi connectivity index (χ3n) is 5.19. The van der Waals surface area contributed by atoms with Crippen LogP contribution in [0.4, 0.5) is 0 Å². The lowest BCUT2D eigenvalue weighted by Crippen LogP contribution is -2.31. The number of amides is 1. The molecule has 1 aliphatic heterocycles. The molecule has 3 heterocycles. The Morgan fingerprint density at radius 3 is 2.84 bits per heavy atom. The molecular weight excluding hydrogens is 394 g/mol. The fourth-order valence-electron chi connectivity index (χ4n) is 3.55. The van der Waals surface area contributed by atoms with Crippen LogP contribution in [-0.4, -0.2) is 43.7 Å². The van der Waals surface area contributed by atoms with Crippen molar-refractivity contribution in [3.63, 3.8) is 0 Å². The van der Waals surface area contributed by atoms with Gasteiger partial charge in [-0.2, -0.15) is 5.10 Å². The van der Waals surface area contributed by atoms with Gasteiger partial charge in [-0.25, -0.2) is 9.97 Å². The summed E-state index contributed by atoms with van der Waals surface area (Å²) >= 11 is 0. The highest BCUT2D eigenvalue weighted by atomic mass is 16.5. The summed E-state index contributed by atoms with van der Waals surface area (Å²) < 4.78 is 13.8. The monoisotopic (exact) mass is 421 g/mol. The first-order valence-corrected chi connectivity index (χ1v) is 10.7. The molecular formula is C23H27N5O3. The van der Waals surface area contributed by atoms with Gasteiger partial charge in [-0.15, -0.1) is 0 Å². The molecule has 1 aromatic carbocycles. The molecule has 8 heteroatoms. The molecule has 31 heavy (non-hydrogen) atoms. The minimum atomic E-state index is 0.126. The van der Waals surface area contributed by atoms with Gasteiger partial charge in [-0.05, 0) is 43.9 Å². The van der Waals surface area contributed by atoms with E-state index in [0.717, 1.165) is 31.2 Å². The number of aromatic nitrogens is 4. The zero-order valence-corrected chi connectivity index (χ0v) is 17.5. The average Bonchev–Trinajstić information content (AvgIpc) is 3.30. The Hall–Kier alpha value is -3.42. The van der Waals surface area contributed by atoms with Crippen LogP contribution >= 0.6 is 0 Å². The molecule has 0 saturated heterocycles. The number of benzene rings is 1. The van der Waals surface area contributed by atoms with Gasteiger partial charge in [-0.1, -0.05) is 18.2 Å². The Balaban J connectivity index is 1.50. The quantitative estimate of drug-likeness (QED) is 0.637. The Morgan fingerprint density at radius 1 is 1.06 bits per heavy atom. The van der Waals surface area contributed by atoms with Crippen molar-refractivity contribution >= 4 is 5.91 Å². The van der Waals surface area contributed by atoms with Crippen LogP contribution in [0.25, 0.3) is 0 Å². The van der Waals surface area contributed by atoms with Crippen LogP contribution in [-0.2, 0) is 17.9 Å². The van der Waals surface area contributed by atoms with E-state index in [4.69, 9.17) is 9.47 Å². The third-order valence-corrected chi connectivity index (χ3v) is 5.19. The SMILES string of the molecule is O=C(CCCn1cncn1)N1CCCCCOc2ccccc2Oc2ncccc2C1. The molecule has 0 radical (unpaired) electrons. The highest BCUT2D eigenvalue weighted by molar-refractivity contribution is 5.76. The zero-order valence-electron chi connectivity index (χ0n) is 17.5. The van der Waals surface area contributed by atoms with Crippen LogP contribution in [0, 0.1) is 0 Å². The summed E-state index contributed by atoms with van der Waals surface area (Å²) in [7, 11) is 0. The molecule has 0 unspecified atom stereocenters. The van der Waals surface area contributed by atoms with Crippen molar-refractivity contribution in [1.82, 2.24) is 24.6 Å². The normalized spacial score (nSPS) is 14.6. The number of para-hydroxylation sites is 2. The molecule has 0 bridgehead atoms. The summed E-state index contributed by atoms with van der Waals surface area (Å²) in [4.78, 5) is 23.3. The summed E-state index contributed by atoms with van der Waals surface area (Å²) in [6.45, 7) is 2.45. The van der Waals surface area contributed by atoms with Crippen LogP contribution in [0.15, 0.2) is 55.2 Å². The molecule has 1 aliphatic rings. The summed E-state index contributed by atoms with van der Waals surface area (Å²) in [6, 6.07) is 11.5. The van der Waals surface area contributed by atoms with E-state index in [-0.39, 0.29) is 5.91 Å². The number of ether oxygens (including phenoxy) is 2. The second kappa shape index (κ2) is 10.6. The molecule has 162 valence electrons. The number of fused-ring (bicyclic) bond motifs is 2. The van der Waals surface area contributed by atoms with Crippen molar-refractivity contribution < 1.29 is 14.3 Å². The molecule has 0 N–H and O–H groups in total. The first-order chi connectivity index (χ1) is 15.3. The maximum absolute atomic E-state index is 13.0. The van der Waals surface area contributed by atoms with Crippen molar-refractivity contribution in [3.8, 4) is 17.4 Å². The van der Waals surface area contributed by atoms with E-state index in [1.807, 2.05) is 41.3 Å². The molecule has 4 rings (SSSR count). The van der Waals surface area contributed by atoms with Crippen LogP contribution in [0.2, 0.25) is 0 Å². The molecule has 0 saturated carbocycles. The van der Waals surface area contributed by atoms with Gasteiger partial charge in [-0.3, -0.25) is 9.48 Å². The molecule has 3 aromatic rings. The molecule has 0 fully saturated rings. The second-order valence-electron chi connectivity index (χ2n) is 7.50. The number of carbonyl (C=O) groups is 1. The Bertz CT molecular complexity index is 977. The minimum Gasteiger partial charge on any atom is -0.490 e. The summed E-state index contributed by atoms with van der Waals surface area (Å²) in [6.07, 6.45) is 8.90. The molecule has 0 spiro atoms. The zero-order chi connectivity index (χ0) is 21.3. The van der Waals surface area contributed by atoms with E-state index in [1.54, 1.807) is 17.2 Å². The van der Waals surface area contributed by atoms with Crippen molar-refractivity contribution in [3.05, 3.63) is 60.8 Å². The van der Waals surface area contributed by atoms with Crippen LogP contribution in [0.1, 0.15) is 37.7 Å². The van der Waals surface area contributed by atoms with E-state index < -0.39 is 0 Å². The third kappa shape index (κ3) is 5.81. The van der Waals surface area contributed by atoms with Gasteiger partial charge in [0.05, 0.1) is 13.2 Å².